The van der Waals surface area contributed by atoms with E-state index in [1.165, 1.54) is 75.3 Å². The Morgan fingerprint density at radius 1 is 0.808 bits per heavy atom. The van der Waals surface area contributed by atoms with Gasteiger partial charge in [0.05, 0.1) is 0 Å². The van der Waals surface area contributed by atoms with E-state index >= 15 is 0 Å². The molecule has 1 aromatic carbocycles. The van der Waals surface area contributed by atoms with E-state index in [1.54, 1.807) is 0 Å². The van der Waals surface area contributed by atoms with Crippen molar-refractivity contribution in [1.29, 1.82) is 0 Å². The molecule has 2 heteroatoms. The summed E-state index contributed by atoms with van der Waals surface area (Å²) in [5.74, 6) is 2.56. The maximum absolute atomic E-state index is 4.72. The molecule has 0 atom stereocenters. The highest BCUT2D eigenvalue weighted by Crippen LogP contribution is 2.36. The number of unbranched alkanes of at least 4 members (excludes halogenated alkanes) is 2. The van der Waals surface area contributed by atoms with E-state index in [-0.39, 0.29) is 0 Å². The molecule has 1 aliphatic carbocycles. The summed E-state index contributed by atoms with van der Waals surface area (Å²) in [6, 6.07) is 8.95. The summed E-state index contributed by atoms with van der Waals surface area (Å²) in [6.07, 6.45) is 17.0. The summed E-state index contributed by atoms with van der Waals surface area (Å²) in [4.78, 5) is 9.44. The Balaban J connectivity index is 1.57. The van der Waals surface area contributed by atoms with Crippen molar-refractivity contribution in [3.8, 4) is 11.1 Å². The molecular formula is C24H34N2. The summed E-state index contributed by atoms with van der Waals surface area (Å²) in [5, 5.41) is 0. The molecule has 0 unspecified atom stereocenters. The number of nitrogens with zero attached hydrogens (tertiary/aromatic N) is 2. The Hall–Kier alpha value is -1.70. The molecule has 0 radical (unpaired) electrons. The second-order valence-electron chi connectivity index (χ2n) is 7.99. The van der Waals surface area contributed by atoms with Gasteiger partial charge in [-0.3, -0.25) is 0 Å². The maximum atomic E-state index is 4.72. The first kappa shape index (κ1) is 19.1. The van der Waals surface area contributed by atoms with Gasteiger partial charge >= 0.3 is 0 Å². The van der Waals surface area contributed by atoms with Crippen molar-refractivity contribution >= 4 is 0 Å². The monoisotopic (exact) mass is 350 g/mol. The van der Waals surface area contributed by atoms with Crippen molar-refractivity contribution in [1.82, 2.24) is 9.97 Å². The maximum Gasteiger partial charge on any atom is 0.131 e. The third kappa shape index (κ3) is 5.16. The van der Waals surface area contributed by atoms with Gasteiger partial charge in [-0.2, -0.15) is 0 Å². The van der Waals surface area contributed by atoms with E-state index in [1.807, 2.05) is 12.4 Å². The molecular weight excluding hydrogens is 316 g/mol. The fraction of sp³-hybridized carbons (Fsp3) is 0.583. The highest BCUT2D eigenvalue weighted by molar-refractivity contribution is 5.61. The van der Waals surface area contributed by atoms with Gasteiger partial charge in [-0.1, -0.05) is 63.8 Å². The van der Waals surface area contributed by atoms with Crippen LogP contribution in [0.4, 0.5) is 0 Å². The molecule has 1 heterocycles. The van der Waals surface area contributed by atoms with Gasteiger partial charge in [-0.15, -0.1) is 0 Å². The second-order valence-corrected chi connectivity index (χ2v) is 7.99. The molecule has 0 bridgehead atoms. The molecule has 0 saturated heterocycles. The fourth-order valence-electron chi connectivity index (χ4n) is 4.26. The molecule has 0 spiro atoms. The lowest BCUT2D eigenvalue weighted by atomic mass is 9.80. The smallest absolute Gasteiger partial charge is 0.131 e. The zero-order valence-electron chi connectivity index (χ0n) is 16.6. The summed E-state index contributed by atoms with van der Waals surface area (Å²) in [7, 11) is 0. The summed E-state index contributed by atoms with van der Waals surface area (Å²) >= 11 is 0. The van der Waals surface area contributed by atoms with Gasteiger partial charge in [0.15, 0.2) is 0 Å². The van der Waals surface area contributed by atoms with Gasteiger partial charge in [0, 0.05) is 23.9 Å². The second kappa shape index (κ2) is 9.85. The van der Waals surface area contributed by atoms with Crippen molar-refractivity contribution < 1.29 is 0 Å². The van der Waals surface area contributed by atoms with Crippen LogP contribution in [-0.2, 0) is 6.42 Å². The van der Waals surface area contributed by atoms with E-state index in [0.717, 1.165) is 17.3 Å². The van der Waals surface area contributed by atoms with Crippen LogP contribution in [0, 0.1) is 5.92 Å². The molecule has 140 valence electrons. The van der Waals surface area contributed by atoms with Crippen LogP contribution >= 0.6 is 0 Å². The predicted octanol–water partition coefficient (Wildman–Crippen LogP) is 6.95. The van der Waals surface area contributed by atoms with Crippen LogP contribution in [0.25, 0.3) is 11.1 Å². The molecule has 1 aromatic heterocycles. The number of benzene rings is 1. The van der Waals surface area contributed by atoms with Crippen LogP contribution in [0.1, 0.15) is 88.9 Å². The molecule has 0 aliphatic heterocycles. The number of rotatable bonds is 8. The van der Waals surface area contributed by atoms with E-state index in [0.29, 0.717) is 5.92 Å². The number of aromatic nitrogens is 2. The lowest BCUT2D eigenvalue weighted by Gasteiger charge is -2.27. The summed E-state index contributed by atoms with van der Waals surface area (Å²) in [5.41, 5.74) is 3.79. The zero-order valence-corrected chi connectivity index (χ0v) is 16.6. The van der Waals surface area contributed by atoms with Crippen LogP contribution in [-0.4, -0.2) is 9.97 Å². The normalized spacial score (nSPS) is 20.2. The van der Waals surface area contributed by atoms with Crippen LogP contribution < -0.4 is 0 Å². The van der Waals surface area contributed by atoms with Gasteiger partial charge in [0.2, 0.25) is 0 Å². The van der Waals surface area contributed by atoms with Gasteiger partial charge < -0.3 is 0 Å². The Labute approximate surface area is 159 Å². The minimum atomic E-state index is 0.568. The third-order valence-corrected chi connectivity index (χ3v) is 5.94. The highest BCUT2D eigenvalue weighted by atomic mass is 14.9. The average molecular weight is 351 g/mol. The molecule has 1 fully saturated rings. The van der Waals surface area contributed by atoms with Crippen molar-refractivity contribution in [2.75, 3.05) is 0 Å². The first-order valence-corrected chi connectivity index (χ1v) is 10.7. The minimum absolute atomic E-state index is 0.568. The third-order valence-electron chi connectivity index (χ3n) is 5.94. The van der Waals surface area contributed by atoms with Crippen LogP contribution in [0.15, 0.2) is 36.7 Å². The summed E-state index contributed by atoms with van der Waals surface area (Å²) in [6.45, 7) is 4.55. The fourth-order valence-corrected chi connectivity index (χ4v) is 4.26. The van der Waals surface area contributed by atoms with Crippen molar-refractivity contribution in [2.24, 2.45) is 5.92 Å². The van der Waals surface area contributed by atoms with Crippen molar-refractivity contribution in [2.45, 2.75) is 84.0 Å². The minimum Gasteiger partial charge on any atom is -0.240 e. The van der Waals surface area contributed by atoms with Gasteiger partial charge in [0.1, 0.15) is 5.82 Å². The summed E-state index contributed by atoms with van der Waals surface area (Å²) < 4.78 is 0. The molecule has 0 N–H and O–H groups in total. The number of hydrogen-bond acceptors (Lipinski definition) is 2. The number of hydrogen-bond donors (Lipinski definition) is 0. The van der Waals surface area contributed by atoms with Gasteiger partial charge in [0.25, 0.3) is 0 Å². The average Bonchev–Trinajstić information content (AvgIpc) is 2.70. The van der Waals surface area contributed by atoms with Crippen LogP contribution in [0.5, 0.6) is 0 Å². The molecule has 0 amide bonds. The Kier molecular flexibility index (Phi) is 7.22. The topological polar surface area (TPSA) is 25.8 Å². The SMILES string of the molecule is CCCCCc1ccc(-c2cnc([C@H]3CC[C@H](CCC)CC3)nc2)cc1. The lowest BCUT2D eigenvalue weighted by Crippen LogP contribution is -2.15. The molecule has 3 rings (SSSR count). The molecule has 2 nitrogen and oxygen atoms in total. The first-order chi connectivity index (χ1) is 12.8. The van der Waals surface area contributed by atoms with Gasteiger partial charge in [-0.25, -0.2) is 9.97 Å². The molecule has 1 saturated carbocycles. The molecule has 26 heavy (non-hydrogen) atoms. The standard InChI is InChI=1S/C24H34N2/c1-3-5-6-8-20-9-13-21(14-10-20)23-17-25-24(26-18-23)22-15-11-19(7-4-2)12-16-22/h9-10,13-14,17-19,22H,3-8,11-12,15-16H2,1-2H3/t19-,22-. The molecule has 2 aromatic rings. The van der Waals surface area contributed by atoms with E-state index in [9.17, 15) is 0 Å². The lowest BCUT2D eigenvalue weighted by molar-refractivity contribution is 0.302. The van der Waals surface area contributed by atoms with E-state index in [4.69, 9.17) is 9.97 Å². The van der Waals surface area contributed by atoms with Crippen LogP contribution in [0.3, 0.4) is 0 Å². The van der Waals surface area contributed by atoms with E-state index in [2.05, 4.69) is 38.1 Å². The Morgan fingerprint density at radius 2 is 1.50 bits per heavy atom. The van der Waals surface area contributed by atoms with Gasteiger partial charge in [-0.05, 0) is 55.6 Å². The van der Waals surface area contributed by atoms with Crippen molar-refractivity contribution in [3.05, 3.63) is 48.0 Å². The first-order valence-electron chi connectivity index (χ1n) is 10.7. The quantitative estimate of drug-likeness (QED) is 0.481. The largest absolute Gasteiger partial charge is 0.240 e. The zero-order chi connectivity index (χ0) is 18.2. The highest BCUT2D eigenvalue weighted by Gasteiger charge is 2.23. The Bertz CT molecular complexity index is 637. The predicted molar refractivity (Wildman–Crippen MR) is 110 cm³/mol. The number of aryl methyl sites for hydroxylation is 1. The van der Waals surface area contributed by atoms with E-state index < -0.39 is 0 Å². The molecule has 1 aliphatic rings. The Morgan fingerprint density at radius 3 is 2.12 bits per heavy atom. The van der Waals surface area contributed by atoms with Crippen molar-refractivity contribution in [3.63, 3.8) is 0 Å². The van der Waals surface area contributed by atoms with Crippen LogP contribution in [0.2, 0.25) is 0 Å².